The SMILES string of the molecule is CSCCc1nnc(CCCCl)s1. The van der Waals surface area contributed by atoms with Gasteiger partial charge in [0.05, 0.1) is 0 Å². The molecule has 1 aromatic rings. The van der Waals surface area contributed by atoms with Crippen LogP contribution in [-0.4, -0.2) is 28.1 Å². The van der Waals surface area contributed by atoms with Crippen molar-refractivity contribution in [2.24, 2.45) is 0 Å². The highest BCUT2D eigenvalue weighted by Gasteiger charge is 2.02. The van der Waals surface area contributed by atoms with Gasteiger partial charge in [-0.3, -0.25) is 0 Å². The molecule has 0 unspecified atom stereocenters. The van der Waals surface area contributed by atoms with E-state index in [0.717, 1.165) is 35.0 Å². The maximum Gasteiger partial charge on any atom is 0.118 e. The molecule has 74 valence electrons. The molecular formula is C8H13ClN2S2. The molecule has 13 heavy (non-hydrogen) atoms. The lowest BCUT2D eigenvalue weighted by Crippen LogP contribution is -1.86. The summed E-state index contributed by atoms with van der Waals surface area (Å²) in [6.45, 7) is 0. The molecule has 0 saturated heterocycles. The molecular weight excluding hydrogens is 224 g/mol. The first-order valence-electron chi connectivity index (χ1n) is 4.23. The van der Waals surface area contributed by atoms with Crippen LogP contribution < -0.4 is 0 Å². The molecule has 5 heteroatoms. The van der Waals surface area contributed by atoms with Gasteiger partial charge in [-0.1, -0.05) is 0 Å². The van der Waals surface area contributed by atoms with E-state index in [9.17, 15) is 0 Å². The molecule has 0 radical (unpaired) electrons. The van der Waals surface area contributed by atoms with Crippen molar-refractivity contribution in [3.63, 3.8) is 0 Å². The lowest BCUT2D eigenvalue weighted by Gasteiger charge is -1.90. The molecule has 1 aromatic heterocycles. The second kappa shape index (κ2) is 6.62. The Bertz CT molecular complexity index is 217. The van der Waals surface area contributed by atoms with Crippen molar-refractivity contribution in [2.45, 2.75) is 19.3 Å². The van der Waals surface area contributed by atoms with Crippen LogP contribution in [0.2, 0.25) is 0 Å². The van der Waals surface area contributed by atoms with E-state index in [-0.39, 0.29) is 0 Å². The van der Waals surface area contributed by atoms with Gasteiger partial charge in [-0.25, -0.2) is 0 Å². The minimum absolute atomic E-state index is 0.708. The number of aromatic nitrogens is 2. The Morgan fingerprint density at radius 3 is 2.62 bits per heavy atom. The van der Waals surface area contributed by atoms with E-state index in [2.05, 4.69) is 16.5 Å². The summed E-state index contributed by atoms with van der Waals surface area (Å²) in [5.74, 6) is 1.84. The molecule has 2 nitrogen and oxygen atoms in total. The number of hydrogen-bond donors (Lipinski definition) is 0. The third kappa shape index (κ3) is 4.29. The van der Waals surface area contributed by atoms with Crippen LogP contribution in [0, 0.1) is 0 Å². The van der Waals surface area contributed by atoms with Gasteiger partial charge in [-0.05, 0) is 18.4 Å². The molecule has 0 bridgehead atoms. The number of halogens is 1. The van der Waals surface area contributed by atoms with E-state index in [0.29, 0.717) is 5.88 Å². The number of rotatable bonds is 6. The van der Waals surface area contributed by atoms with Crippen molar-refractivity contribution in [2.75, 3.05) is 17.9 Å². The maximum absolute atomic E-state index is 5.59. The normalized spacial score (nSPS) is 10.6. The van der Waals surface area contributed by atoms with E-state index in [1.54, 1.807) is 11.3 Å². The van der Waals surface area contributed by atoms with Crippen LogP contribution in [0.25, 0.3) is 0 Å². The Morgan fingerprint density at radius 2 is 2.00 bits per heavy atom. The Balaban J connectivity index is 2.34. The highest BCUT2D eigenvalue weighted by Crippen LogP contribution is 2.13. The summed E-state index contributed by atoms with van der Waals surface area (Å²) in [6.07, 6.45) is 5.12. The van der Waals surface area contributed by atoms with Gasteiger partial charge in [0.15, 0.2) is 0 Å². The van der Waals surface area contributed by atoms with Crippen molar-refractivity contribution in [3.8, 4) is 0 Å². The number of hydrogen-bond acceptors (Lipinski definition) is 4. The van der Waals surface area contributed by atoms with Crippen LogP contribution in [0.5, 0.6) is 0 Å². The summed E-state index contributed by atoms with van der Waals surface area (Å²) in [6, 6.07) is 0. The molecule has 0 N–H and O–H groups in total. The van der Waals surface area contributed by atoms with Gasteiger partial charge in [0.1, 0.15) is 10.0 Å². The molecule has 0 fully saturated rings. The Hall–Kier alpha value is 0.200. The van der Waals surface area contributed by atoms with Crippen molar-refractivity contribution < 1.29 is 0 Å². The third-order valence-electron chi connectivity index (χ3n) is 1.55. The zero-order chi connectivity index (χ0) is 9.52. The molecule has 0 spiro atoms. The van der Waals surface area contributed by atoms with Crippen LogP contribution in [0.1, 0.15) is 16.4 Å². The molecule has 0 aliphatic rings. The van der Waals surface area contributed by atoms with Gasteiger partial charge in [-0.15, -0.1) is 33.1 Å². The summed E-state index contributed by atoms with van der Waals surface area (Å²) >= 11 is 9.15. The van der Waals surface area contributed by atoms with E-state index in [1.165, 1.54) is 0 Å². The average molecular weight is 237 g/mol. The summed E-state index contributed by atoms with van der Waals surface area (Å²) in [4.78, 5) is 0. The predicted molar refractivity (Wildman–Crippen MR) is 61.0 cm³/mol. The van der Waals surface area contributed by atoms with Gasteiger partial charge >= 0.3 is 0 Å². The predicted octanol–water partition coefficient (Wildman–Crippen LogP) is 2.62. The average Bonchev–Trinajstić information content (AvgIpc) is 2.59. The van der Waals surface area contributed by atoms with Crippen molar-refractivity contribution in [1.82, 2.24) is 10.2 Å². The highest BCUT2D eigenvalue weighted by atomic mass is 35.5. The van der Waals surface area contributed by atoms with Crippen LogP contribution in [-0.2, 0) is 12.8 Å². The van der Waals surface area contributed by atoms with E-state index in [1.807, 2.05) is 11.8 Å². The summed E-state index contributed by atoms with van der Waals surface area (Å²) < 4.78 is 0. The van der Waals surface area contributed by atoms with Crippen molar-refractivity contribution in [1.29, 1.82) is 0 Å². The zero-order valence-electron chi connectivity index (χ0n) is 7.62. The van der Waals surface area contributed by atoms with Crippen molar-refractivity contribution >= 4 is 34.7 Å². The van der Waals surface area contributed by atoms with Crippen LogP contribution in [0.4, 0.5) is 0 Å². The molecule has 0 amide bonds. The minimum Gasteiger partial charge on any atom is -0.165 e. The van der Waals surface area contributed by atoms with Crippen LogP contribution >= 0.6 is 34.7 Å². The number of alkyl halides is 1. The molecule has 1 rings (SSSR count). The maximum atomic E-state index is 5.59. The van der Waals surface area contributed by atoms with Crippen LogP contribution in [0.3, 0.4) is 0 Å². The second-order valence-corrected chi connectivity index (χ2v) is 5.14. The first kappa shape index (κ1) is 11.3. The van der Waals surface area contributed by atoms with Gasteiger partial charge in [0, 0.05) is 18.7 Å². The molecule has 0 aliphatic heterocycles. The summed E-state index contributed by atoms with van der Waals surface area (Å²) in [5.41, 5.74) is 0. The lowest BCUT2D eigenvalue weighted by atomic mass is 10.4. The monoisotopic (exact) mass is 236 g/mol. The number of nitrogens with zero attached hydrogens (tertiary/aromatic N) is 2. The quantitative estimate of drug-likeness (QED) is 0.711. The highest BCUT2D eigenvalue weighted by molar-refractivity contribution is 7.98. The fraction of sp³-hybridized carbons (Fsp3) is 0.750. The molecule has 0 aromatic carbocycles. The largest absolute Gasteiger partial charge is 0.165 e. The van der Waals surface area contributed by atoms with E-state index < -0.39 is 0 Å². The van der Waals surface area contributed by atoms with Gasteiger partial charge in [0.25, 0.3) is 0 Å². The second-order valence-electron chi connectivity index (χ2n) is 2.62. The van der Waals surface area contributed by atoms with Crippen LogP contribution in [0.15, 0.2) is 0 Å². The Morgan fingerprint density at radius 1 is 1.31 bits per heavy atom. The first-order chi connectivity index (χ1) is 6.36. The summed E-state index contributed by atoms with van der Waals surface area (Å²) in [7, 11) is 0. The topological polar surface area (TPSA) is 25.8 Å². The Kier molecular flexibility index (Phi) is 5.75. The minimum atomic E-state index is 0.708. The first-order valence-corrected chi connectivity index (χ1v) is 6.97. The smallest absolute Gasteiger partial charge is 0.118 e. The lowest BCUT2D eigenvalue weighted by molar-refractivity contribution is 0.872. The van der Waals surface area contributed by atoms with Gasteiger partial charge in [0.2, 0.25) is 0 Å². The standard InChI is InChI=1S/C8H13ClN2S2/c1-12-6-4-8-11-10-7(13-8)3-2-5-9/h2-6H2,1H3. The molecule has 0 aliphatic carbocycles. The number of aryl methyl sites for hydroxylation is 2. The fourth-order valence-corrected chi connectivity index (χ4v) is 2.44. The Labute approximate surface area is 92.1 Å². The zero-order valence-corrected chi connectivity index (χ0v) is 10.0. The fourth-order valence-electron chi connectivity index (χ4n) is 0.898. The summed E-state index contributed by atoms with van der Waals surface area (Å²) in [5, 5.41) is 10.5. The van der Waals surface area contributed by atoms with E-state index >= 15 is 0 Å². The van der Waals surface area contributed by atoms with E-state index in [4.69, 9.17) is 11.6 Å². The van der Waals surface area contributed by atoms with Gasteiger partial charge < -0.3 is 0 Å². The van der Waals surface area contributed by atoms with Gasteiger partial charge in [-0.2, -0.15) is 11.8 Å². The van der Waals surface area contributed by atoms with Crippen molar-refractivity contribution in [3.05, 3.63) is 10.0 Å². The molecule has 0 saturated carbocycles. The molecule has 0 atom stereocenters. The third-order valence-corrected chi connectivity index (χ3v) is 3.48. The molecule has 1 heterocycles. The number of thioether (sulfide) groups is 1.